The summed E-state index contributed by atoms with van der Waals surface area (Å²) in [4.78, 5) is 13.3. The highest BCUT2D eigenvalue weighted by atomic mass is 32.1. The zero-order valence-electron chi connectivity index (χ0n) is 9.93. The first-order valence-electron chi connectivity index (χ1n) is 5.53. The second kappa shape index (κ2) is 5.88. The van der Waals surface area contributed by atoms with Crippen LogP contribution >= 0.6 is 22.7 Å². The largest absolute Gasteiger partial charge is 0.462 e. The average molecular weight is 282 g/mol. The molecule has 18 heavy (non-hydrogen) atoms. The minimum atomic E-state index is -0.357. The lowest BCUT2D eigenvalue weighted by molar-refractivity contribution is 0.0533. The summed E-state index contributed by atoms with van der Waals surface area (Å²) in [5, 5.41) is 6.16. The number of hydrogen-bond acceptors (Lipinski definition) is 6. The van der Waals surface area contributed by atoms with Gasteiger partial charge < -0.3 is 15.8 Å². The molecule has 0 saturated carbocycles. The Morgan fingerprint density at radius 1 is 1.56 bits per heavy atom. The number of carbonyl (C=O) groups is 1. The van der Waals surface area contributed by atoms with Crippen molar-refractivity contribution < 1.29 is 9.53 Å². The van der Waals surface area contributed by atoms with E-state index in [1.807, 2.05) is 11.4 Å². The van der Waals surface area contributed by atoms with Crippen molar-refractivity contribution in [3.05, 3.63) is 33.3 Å². The van der Waals surface area contributed by atoms with E-state index in [0.29, 0.717) is 17.2 Å². The van der Waals surface area contributed by atoms with Crippen LogP contribution in [0.3, 0.4) is 0 Å². The third-order valence-corrected chi connectivity index (χ3v) is 4.20. The van der Waals surface area contributed by atoms with Gasteiger partial charge in [-0.05, 0) is 24.4 Å². The molecule has 0 spiro atoms. The molecule has 2 heterocycles. The standard InChI is InChI=1S/C12H14N2O2S2/c1-2-16-12(15)11-9(13)6-10(18-11)14-7-8-4-3-5-17-8/h3-6,14H,2,7,13H2,1H3. The van der Waals surface area contributed by atoms with Gasteiger partial charge in [0, 0.05) is 4.88 Å². The Kier molecular flexibility index (Phi) is 4.22. The van der Waals surface area contributed by atoms with Crippen LogP contribution in [0.4, 0.5) is 10.7 Å². The minimum Gasteiger partial charge on any atom is -0.462 e. The van der Waals surface area contributed by atoms with Crippen LogP contribution in [0, 0.1) is 0 Å². The molecule has 0 saturated heterocycles. The maximum atomic E-state index is 11.6. The van der Waals surface area contributed by atoms with E-state index in [-0.39, 0.29) is 5.97 Å². The van der Waals surface area contributed by atoms with Crippen LogP contribution in [0.15, 0.2) is 23.6 Å². The number of nitrogen functional groups attached to an aromatic ring is 1. The van der Waals surface area contributed by atoms with Crippen LogP contribution in [0.5, 0.6) is 0 Å². The van der Waals surface area contributed by atoms with Crippen molar-refractivity contribution in [3.63, 3.8) is 0 Å². The summed E-state index contributed by atoms with van der Waals surface area (Å²) < 4.78 is 4.94. The predicted octanol–water partition coefficient (Wildman–Crippen LogP) is 3.18. The summed E-state index contributed by atoms with van der Waals surface area (Å²) >= 11 is 3.01. The molecule has 0 aliphatic heterocycles. The smallest absolute Gasteiger partial charge is 0.350 e. The van der Waals surface area contributed by atoms with Gasteiger partial charge in [0.25, 0.3) is 0 Å². The molecule has 96 valence electrons. The topological polar surface area (TPSA) is 64.3 Å². The third-order valence-electron chi connectivity index (χ3n) is 2.24. The number of nitrogens with two attached hydrogens (primary N) is 1. The summed E-state index contributed by atoms with van der Waals surface area (Å²) in [5.41, 5.74) is 6.26. The van der Waals surface area contributed by atoms with Crippen LogP contribution in [-0.2, 0) is 11.3 Å². The lowest BCUT2D eigenvalue weighted by Crippen LogP contribution is -2.04. The van der Waals surface area contributed by atoms with Gasteiger partial charge in [0.05, 0.1) is 23.8 Å². The number of rotatable bonds is 5. The number of thiophene rings is 2. The Hall–Kier alpha value is -1.53. The molecule has 2 aromatic heterocycles. The molecular formula is C12H14N2O2S2. The summed E-state index contributed by atoms with van der Waals surface area (Å²) in [6.07, 6.45) is 0. The second-order valence-electron chi connectivity index (χ2n) is 3.55. The van der Waals surface area contributed by atoms with Crippen molar-refractivity contribution in [2.45, 2.75) is 13.5 Å². The van der Waals surface area contributed by atoms with Gasteiger partial charge in [0.15, 0.2) is 0 Å². The number of anilines is 2. The molecule has 0 aromatic carbocycles. The first kappa shape index (κ1) is 12.9. The van der Waals surface area contributed by atoms with E-state index in [4.69, 9.17) is 10.5 Å². The molecular weight excluding hydrogens is 268 g/mol. The Labute approximate surface area is 113 Å². The molecule has 0 bridgehead atoms. The zero-order valence-corrected chi connectivity index (χ0v) is 11.6. The number of ether oxygens (including phenoxy) is 1. The van der Waals surface area contributed by atoms with Crippen molar-refractivity contribution in [2.75, 3.05) is 17.7 Å². The molecule has 0 aliphatic rings. The van der Waals surface area contributed by atoms with Crippen LogP contribution in [0.25, 0.3) is 0 Å². The summed E-state index contributed by atoms with van der Waals surface area (Å²) in [5.74, 6) is -0.357. The molecule has 0 radical (unpaired) electrons. The van der Waals surface area contributed by atoms with Gasteiger partial charge in [-0.15, -0.1) is 22.7 Å². The van der Waals surface area contributed by atoms with Crippen molar-refractivity contribution in [1.82, 2.24) is 0 Å². The highest BCUT2D eigenvalue weighted by molar-refractivity contribution is 7.18. The molecule has 0 aliphatic carbocycles. The van der Waals surface area contributed by atoms with Crippen molar-refractivity contribution in [1.29, 1.82) is 0 Å². The molecule has 0 fully saturated rings. The fourth-order valence-electron chi connectivity index (χ4n) is 1.44. The maximum Gasteiger partial charge on any atom is 0.350 e. The maximum absolute atomic E-state index is 11.6. The summed E-state index contributed by atoms with van der Waals surface area (Å²) in [6.45, 7) is 2.87. The van der Waals surface area contributed by atoms with E-state index in [9.17, 15) is 4.79 Å². The number of nitrogens with one attached hydrogen (secondary N) is 1. The molecule has 3 N–H and O–H groups in total. The quantitative estimate of drug-likeness (QED) is 0.827. The van der Waals surface area contributed by atoms with Gasteiger partial charge >= 0.3 is 5.97 Å². The van der Waals surface area contributed by atoms with Gasteiger partial charge in [0.1, 0.15) is 4.88 Å². The van der Waals surface area contributed by atoms with Gasteiger partial charge in [0.2, 0.25) is 0 Å². The fraction of sp³-hybridized carbons (Fsp3) is 0.250. The SMILES string of the molecule is CCOC(=O)c1sc(NCc2cccs2)cc1N. The van der Waals surface area contributed by atoms with Gasteiger partial charge in [-0.25, -0.2) is 4.79 Å². The van der Waals surface area contributed by atoms with Crippen LogP contribution in [0.1, 0.15) is 21.5 Å². The third kappa shape index (κ3) is 3.02. The number of hydrogen-bond donors (Lipinski definition) is 2. The van der Waals surface area contributed by atoms with Crippen LogP contribution in [-0.4, -0.2) is 12.6 Å². The monoisotopic (exact) mass is 282 g/mol. The minimum absolute atomic E-state index is 0.355. The Morgan fingerprint density at radius 3 is 3.06 bits per heavy atom. The number of carbonyl (C=O) groups excluding carboxylic acids is 1. The summed E-state index contributed by atoms with van der Waals surface area (Å²) in [7, 11) is 0. The molecule has 6 heteroatoms. The molecule has 2 aromatic rings. The normalized spacial score (nSPS) is 10.3. The number of esters is 1. The summed E-state index contributed by atoms with van der Waals surface area (Å²) in [6, 6.07) is 5.83. The van der Waals surface area contributed by atoms with E-state index < -0.39 is 0 Å². The Balaban J connectivity index is 2.02. The first-order valence-corrected chi connectivity index (χ1v) is 7.23. The van der Waals surface area contributed by atoms with E-state index >= 15 is 0 Å². The van der Waals surface area contributed by atoms with Gasteiger partial charge in [-0.2, -0.15) is 0 Å². The predicted molar refractivity (Wildman–Crippen MR) is 76.3 cm³/mol. The van der Waals surface area contributed by atoms with E-state index in [1.165, 1.54) is 16.2 Å². The zero-order chi connectivity index (χ0) is 13.0. The highest BCUT2D eigenvalue weighted by Crippen LogP contribution is 2.30. The highest BCUT2D eigenvalue weighted by Gasteiger charge is 2.15. The van der Waals surface area contributed by atoms with E-state index in [1.54, 1.807) is 24.3 Å². The lowest BCUT2D eigenvalue weighted by Gasteiger charge is -2.00. The van der Waals surface area contributed by atoms with Gasteiger partial charge in [-0.3, -0.25) is 0 Å². The van der Waals surface area contributed by atoms with Crippen molar-refractivity contribution in [3.8, 4) is 0 Å². The molecule has 2 rings (SSSR count). The van der Waals surface area contributed by atoms with Crippen LogP contribution < -0.4 is 11.1 Å². The molecule has 4 nitrogen and oxygen atoms in total. The molecule has 0 unspecified atom stereocenters. The lowest BCUT2D eigenvalue weighted by atomic mass is 10.4. The Morgan fingerprint density at radius 2 is 2.39 bits per heavy atom. The van der Waals surface area contributed by atoms with Gasteiger partial charge in [-0.1, -0.05) is 6.07 Å². The second-order valence-corrected chi connectivity index (χ2v) is 5.63. The van der Waals surface area contributed by atoms with Crippen molar-refractivity contribution in [2.24, 2.45) is 0 Å². The van der Waals surface area contributed by atoms with E-state index in [0.717, 1.165) is 11.5 Å². The average Bonchev–Trinajstić information content (AvgIpc) is 2.96. The van der Waals surface area contributed by atoms with E-state index in [2.05, 4.69) is 11.4 Å². The molecule has 0 amide bonds. The van der Waals surface area contributed by atoms with Crippen molar-refractivity contribution >= 4 is 39.3 Å². The fourth-order valence-corrected chi connectivity index (χ4v) is 2.95. The molecule has 0 atom stereocenters. The Bertz CT molecular complexity index is 520. The van der Waals surface area contributed by atoms with Crippen LogP contribution in [0.2, 0.25) is 0 Å². The first-order chi connectivity index (χ1) is 8.70.